The number of pyridine rings is 1. The zero-order valence-corrected chi connectivity index (χ0v) is 20.6. The fraction of sp³-hybridized carbons (Fsp3) is 0.138. The number of amides is 1. The highest BCUT2D eigenvalue weighted by Gasteiger charge is 2.16. The van der Waals surface area contributed by atoms with E-state index in [2.05, 4.69) is 25.6 Å². The molecule has 0 bridgehead atoms. The summed E-state index contributed by atoms with van der Waals surface area (Å²) in [6.45, 7) is 4.55. The molecule has 2 aromatic carbocycles. The summed E-state index contributed by atoms with van der Waals surface area (Å²) >= 11 is 0. The molecule has 0 fully saturated rings. The van der Waals surface area contributed by atoms with Crippen LogP contribution in [0.1, 0.15) is 56.8 Å². The van der Waals surface area contributed by atoms with Crippen LogP contribution in [0.15, 0.2) is 72.9 Å². The Bertz CT molecular complexity index is 1610. The minimum Gasteiger partial charge on any atom is -0.321 e. The Morgan fingerprint density at radius 2 is 1.86 bits per heavy atom. The first-order chi connectivity index (χ1) is 18.0. The number of fused-ring (bicyclic) bond motifs is 1. The molecule has 2 N–H and O–H groups in total. The summed E-state index contributed by atoms with van der Waals surface area (Å²) < 4.78 is 1.71. The molecule has 0 radical (unpaired) electrons. The highest BCUT2D eigenvalue weighted by molar-refractivity contribution is 6.12. The molecular formula is C29H26N6O2. The average molecular weight is 491 g/mol. The van der Waals surface area contributed by atoms with E-state index in [0.29, 0.717) is 29.1 Å². The van der Waals surface area contributed by atoms with Crippen molar-refractivity contribution in [3.05, 3.63) is 107 Å². The first kappa shape index (κ1) is 23.9. The molecule has 5 aromatic rings. The van der Waals surface area contributed by atoms with Crippen molar-refractivity contribution in [1.82, 2.24) is 25.0 Å². The van der Waals surface area contributed by atoms with Gasteiger partial charge in [0.05, 0.1) is 22.6 Å². The Morgan fingerprint density at radius 1 is 1.00 bits per heavy atom. The number of aryl methyl sites for hydroxylation is 2. The number of carbonyl (C=O) groups excluding carboxylic acids is 2. The predicted molar refractivity (Wildman–Crippen MR) is 144 cm³/mol. The van der Waals surface area contributed by atoms with Crippen molar-refractivity contribution >= 4 is 40.4 Å². The number of hydrogen-bond acceptors (Lipinski definition) is 5. The van der Waals surface area contributed by atoms with Crippen LogP contribution < -0.4 is 5.32 Å². The largest absolute Gasteiger partial charge is 0.321 e. The molecule has 0 aliphatic carbocycles. The summed E-state index contributed by atoms with van der Waals surface area (Å²) in [7, 11) is 0. The van der Waals surface area contributed by atoms with Crippen LogP contribution in [0.5, 0.6) is 0 Å². The van der Waals surface area contributed by atoms with Crippen molar-refractivity contribution in [1.29, 1.82) is 0 Å². The van der Waals surface area contributed by atoms with Crippen molar-refractivity contribution in [2.24, 2.45) is 0 Å². The Labute approximate surface area is 214 Å². The number of rotatable bonds is 8. The van der Waals surface area contributed by atoms with Gasteiger partial charge in [0.1, 0.15) is 5.69 Å². The number of aromatic nitrogens is 5. The van der Waals surface area contributed by atoms with E-state index in [4.69, 9.17) is 0 Å². The molecule has 0 aliphatic rings. The van der Waals surface area contributed by atoms with Gasteiger partial charge in [0, 0.05) is 34.9 Å². The fourth-order valence-corrected chi connectivity index (χ4v) is 4.16. The Morgan fingerprint density at radius 3 is 2.68 bits per heavy atom. The third-order valence-electron chi connectivity index (χ3n) is 5.91. The smallest absolute Gasteiger partial charge is 0.273 e. The maximum absolute atomic E-state index is 13.3. The minimum atomic E-state index is -0.260. The number of nitrogens with one attached hydrogen (secondary N) is 2. The van der Waals surface area contributed by atoms with Crippen LogP contribution in [-0.4, -0.2) is 36.7 Å². The fourth-order valence-electron chi connectivity index (χ4n) is 4.16. The topological polar surface area (TPSA) is 106 Å². The lowest BCUT2D eigenvalue weighted by atomic mass is 10.0. The van der Waals surface area contributed by atoms with Crippen LogP contribution in [0, 0.1) is 6.92 Å². The third-order valence-corrected chi connectivity index (χ3v) is 5.91. The third kappa shape index (κ3) is 5.23. The van der Waals surface area contributed by atoms with E-state index in [-0.39, 0.29) is 11.7 Å². The zero-order chi connectivity index (χ0) is 25.8. The molecular weight excluding hydrogens is 464 g/mol. The van der Waals surface area contributed by atoms with Gasteiger partial charge in [0.25, 0.3) is 5.91 Å². The number of benzene rings is 2. The van der Waals surface area contributed by atoms with Gasteiger partial charge in [0.15, 0.2) is 5.78 Å². The second-order valence-corrected chi connectivity index (χ2v) is 8.72. The second kappa shape index (κ2) is 10.4. The summed E-state index contributed by atoms with van der Waals surface area (Å²) in [6.07, 6.45) is 6.39. The summed E-state index contributed by atoms with van der Waals surface area (Å²) in [4.78, 5) is 30.4. The average Bonchev–Trinajstić information content (AvgIpc) is 3.50. The van der Waals surface area contributed by atoms with E-state index in [1.54, 1.807) is 53.3 Å². The summed E-state index contributed by atoms with van der Waals surface area (Å²) in [5.41, 5.74) is 5.18. The van der Waals surface area contributed by atoms with Crippen LogP contribution in [0.25, 0.3) is 23.1 Å². The number of carbonyl (C=O) groups is 2. The van der Waals surface area contributed by atoms with E-state index >= 15 is 0 Å². The first-order valence-corrected chi connectivity index (χ1v) is 12.1. The van der Waals surface area contributed by atoms with Gasteiger partial charge < -0.3 is 5.32 Å². The number of aromatic amines is 1. The quantitative estimate of drug-likeness (QED) is 0.278. The van der Waals surface area contributed by atoms with Gasteiger partial charge in [-0.2, -0.15) is 10.2 Å². The monoisotopic (exact) mass is 490 g/mol. The lowest BCUT2D eigenvalue weighted by molar-refractivity contribution is 0.101. The Kier molecular flexibility index (Phi) is 6.72. The highest BCUT2D eigenvalue weighted by atomic mass is 16.2. The summed E-state index contributed by atoms with van der Waals surface area (Å²) in [5, 5.41) is 15.6. The van der Waals surface area contributed by atoms with E-state index in [1.807, 2.05) is 50.3 Å². The lowest BCUT2D eigenvalue weighted by Crippen LogP contribution is -2.18. The molecule has 5 rings (SSSR count). The molecule has 0 unspecified atom stereocenters. The molecule has 0 spiro atoms. The van der Waals surface area contributed by atoms with Gasteiger partial charge in [-0.05, 0) is 68.0 Å². The predicted octanol–water partition coefficient (Wildman–Crippen LogP) is 5.53. The molecule has 3 aromatic heterocycles. The molecule has 0 aliphatic heterocycles. The first-order valence-electron chi connectivity index (χ1n) is 12.1. The van der Waals surface area contributed by atoms with Crippen molar-refractivity contribution in [3.63, 3.8) is 0 Å². The van der Waals surface area contributed by atoms with Gasteiger partial charge in [-0.15, -0.1) is 0 Å². The molecule has 3 heterocycles. The van der Waals surface area contributed by atoms with Crippen molar-refractivity contribution < 1.29 is 9.59 Å². The molecule has 37 heavy (non-hydrogen) atoms. The summed E-state index contributed by atoms with van der Waals surface area (Å²) in [6, 6.07) is 19.9. The minimum absolute atomic E-state index is 0.148. The van der Waals surface area contributed by atoms with Crippen LogP contribution in [-0.2, 0) is 6.54 Å². The van der Waals surface area contributed by atoms with Gasteiger partial charge in [-0.25, -0.2) is 0 Å². The lowest BCUT2D eigenvalue weighted by Gasteiger charge is -2.09. The molecule has 184 valence electrons. The number of nitrogens with zero attached hydrogens (tertiary/aromatic N) is 4. The van der Waals surface area contributed by atoms with E-state index in [0.717, 1.165) is 34.4 Å². The molecule has 0 saturated carbocycles. The number of H-pyrrole nitrogens is 1. The van der Waals surface area contributed by atoms with Gasteiger partial charge in [-0.3, -0.25) is 24.4 Å². The second-order valence-electron chi connectivity index (χ2n) is 8.72. The molecule has 0 atom stereocenters. The van der Waals surface area contributed by atoms with Gasteiger partial charge >= 0.3 is 0 Å². The van der Waals surface area contributed by atoms with Crippen LogP contribution >= 0.6 is 0 Å². The van der Waals surface area contributed by atoms with Crippen LogP contribution in [0.2, 0.25) is 0 Å². The van der Waals surface area contributed by atoms with E-state index in [9.17, 15) is 9.59 Å². The van der Waals surface area contributed by atoms with Gasteiger partial charge in [-0.1, -0.05) is 31.2 Å². The normalized spacial score (nSPS) is 11.3. The van der Waals surface area contributed by atoms with Crippen molar-refractivity contribution in [2.45, 2.75) is 26.8 Å². The van der Waals surface area contributed by atoms with Crippen molar-refractivity contribution in [2.75, 3.05) is 5.32 Å². The van der Waals surface area contributed by atoms with Gasteiger partial charge in [0.2, 0.25) is 0 Å². The Balaban J connectivity index is 1.34. The molecule has 1 amide bonds. The highest BCUT2D eigenvalue weighted by Crippen LogP contribution is 2.22. The SMILES string of the molecule is CCCn1nc(C)cc1C(=O)Nc1cccc(C(=O)c2ccc3c(/C=C/c4ccccn4)n[nH]c3c2)c1. The Hall–Kier alpha value is -4.85. The molecule has 8 heteroatoms. The van der Waals surface area contributed by atoms with Crippen molar-refractivity contribution in [3.8, 4) is 0 Å². The van der Waals surface area contributed by atoms with Crippen LogP contribution in [0.4, 0.5) is 5.69 Å². The number of ketones is 1. The van der Waals surface area contributed by atoms with Crippen LogP contribution in [0.3, 0.4) is 0 Å². The standard InChI is InChI=1S/C29H26N6O2/c1-3-15-35-27(16-19(2)34-35)29(37)31-23-9-6-7-20(17-23)28(36)21-10-12-24-25(32-33-26(24)18-21)13-11-22-8-4-5-14-30-22/h4-14,16-18H,3,15H2,1-2H3,(H,31,37)(H,32,33)/b13-11+. The molecule has 0 saturated heterocycles. The number of anilines is 1. The number of hydrogen-bond donors (Lipinski definition) is 2. The maximum atomic E-state index is 13.3. The maximum Gasteiger partial charge on any atom is 0.273 e. The van der Waals surface area contributed by atoms with E-state index in [1.165, 1.54) is 0 Å². The summed E-state index contributed by atoms with van der Waals surface area (Å²) in [5.74, 6) is -0.408. The van der Waals surface area contributed by atoms with E-state index < -0.39 is 0 Å². The zero-order valence-electron chi connectivity index (χ0n) is 20.6. The molecule has 8 nitrogen and oxygen atoms in total.